The normalized spacial score (nSPS) is 9.76. The van der Waals surface area contributed by atoms with Crippen LogP contribution >= 0.6 is 11.6 Å². The van der Waals surface area contributed by atoms with Gasteiger partial charge in [0.25, 0.3) is 0 Å². The van der Waals surface area contributed by atoms with Crippen molar-refractivity contribution in [2.24, 2.45) is 0 Å². The van der Waals surface area contributed by atoms with Crippen LogP contribution in [0.2, 0.25) is 5.02 Å². The monoisotopic (exact) mass is 254 g/mol. The fraction of sp³-hybridized carbons (Fsp3) is 0.385. The molecule has 92 valence electrons. The molecule has 17 heavy (non-hydrogen) atoms. The number of methoxy groups -OCH3 is 1. The highest BCUT2D eigenvalue weighted by Gasteiger charge is 2.11. The van der Waals surface area contributed by atoms with E-state index in [-0.39, 0.29) is 6.61 Å². The third kappa shape index (κ3) is 3.85. The molecule has 0 unspecified atom stereocenters. The zero-order chi connectivity index (χ0) is 12.7. The van der Waals surface area contributed by atoms with Gasteiger partial charge in [0.2, 0.25) is 0 Å². The summed E-state index contributed by atoms with van der Waals surface area (Å²) < 4.78 is 10.7. The molecule has 0 saturated heterocycles. The summed E-state index contributed by atoms with van der Waals surface area (Å²) in [5.41, 5.74) is 0.607. The van der Waals surface area contributed by atoms with Gasteiger partial charge >= 0.3 is 0 Å². The summed E-state index contributed by atoms with van der Waals surface area (Å²) in [6.07, 6.45) is 6.57. The van der Waals surface area contributed by atoms with Gasteiger partial charge in [0.1, 0.15) is 0 Å². The molecule has 1 rings (SSSR count). The molecule has 0 atom stereocenters. The number of benzene rings is 1. The average molecular weight is 255 g/mol. The Kier molecular flexibility index (Phi) is 5.68. The van der Waals surface area contributed by atoms with Gasteiger partial charge in [-0.05, 0) is 12.5 Å². The van der Waals surface area contributed by atoms with E-state index in [1.807, 2.05) is 0 Å². The van der Waals surface area contributed by atoms with E-state index >= 15 is 0 Å². The van der Waals surface area contributed by atoms with Gasteiger partial charge in [0.05, 0.1) is 20.3 Å². The van der Waals surface area contributed by atoms with Crippen molar-refractivity contribution in [2.45, 2.75) is 19.4 Å². The quantitative estimate of drug-likeness (QED) is 0.627. The topological polar surface area (TPSA) is 38.7 Å². The first kappa shape index (κ1) is 13.7. The lowest BCUT2D eigenvalue weighted by molar-refractivity contribution is 0.253. The highest BCUT2D eigenvalue weighted by atomic mass is 35.5. The molecule has 0 radical (unpaired) electrons. The van der Waals surface area contributed by atoms with E-state index in [9.17, 15) is 5.11 Å². The Morgan fingerprint density at radius 2 is 2.24 bits per heavy atom. The van der Waals surface area contributed by atoms with Gasteiger partial charge in [-0.1, -0.05) is 11.6 Å². The van der Waals surface area contributed by atoms with Crippen LogP contribution in [0.15, 0.2) is 12.1 Å². The summed E-state index contributed by atoms with van der Waals surface area (Å²) in [5.74, 6) is 3.58. The van der Waals surface area contributed by atoms with Crippen molar-refractivity contribution in [2.75, 3.05) is 13.7 Å². The van der Waals surface area contributed by atoms with Crippen LogP contribution in [0.1, 0.15) is 18.4 Å². The van der Waals surface area contributed by atoms with E-state index < -0.39 is 0 Å². The lowest BCUT2D eigenvalue weighted by Crippen LogP contribution is -2.02. The molecule has 0 bridgehead atoms. The van der Waals surface area contributed by atoms with E-state index in [4.69, 9.17) is 27.5 Å². The fourth-order valence-electron chi connectivity index (χ4n) is 1.40. The number of terminal acetylenes is 1. The minimum Gasteiger partial charge on any atom is -0.493 e. The van der Waals surface area contributed by atoms with Gasteiger partial charge in [0.15, 0.2) is 11.5 Å². The van der Waals surface area contributed by atoms with Gasteiger partial charge in [-0.15, -0.1) is 12.3 Å². The summed E-state index contributed by atoms with van der Waals surface area (Å²) >= 11 is 5.89. The van der Waals surface area contributed by atoms with Crippen LogP contribution in [0, 0.1) is 12.3 Å². The Morgan fingerprint density at radius 1 is 1.47 bits per heavy atom. The minimum atomic E-state index is -0.151. The van der Waals surface area contributed by atoms with E-state index in [0.717, 1.165) is 6.42 Å². The van der Waals surface area contributed by atoms with E-state index in [2.05, 4.69) is 5.92 Å². The maximum absolute atomic E-state index is 9.24. The van der Waals surface area contributed by atoms with Crippen LogP contribution in [0.3, 0.4) is 0 Å². The first-order chi connectivity index (χ1) is 8.22. The zero-order valence-electron chi connectivity index (χ0n) is 9.70. The number of halogens is 1. The van der Waals surface area contributed by atoms with Crippen molar-refractivity contribution >= 4 is 11.6 Å². The van der Waals surface area contributed by atoms with Gasteiger partial charge in [-0.25, -0.2) is 0 Å². The Balaban J connectivity index is 2.84. The SMILES string of the molecule is C#CCCCOc1c(CO)cc(Cl)cc1OC. The fourth-order valence-corrected chi connectivity index (χ4v) is 1.63. The Labute approximate surface area is 106 Å². The molecule has 0 amide bonds. The molecule has 1 N–H and O–H groups in total. The van der Waals surface area contributed by atoms with Crippen LogP contribution in [0.25, 0.3) is 0 Å². The number of aliphatic hydroxyl groups is 1. The van der Waals surface area contributed by atoms with Crippen molar-refractivity contribution in [3.63, 3.8) is 0 Å². The van der Waals surface area contributed by atoms with Crippen molar-refractivity contribution < 1.29 is 14.6 Å². The molecular weight excluding hydrogens is 240 g/mol. The predicted octanol–water partition coefficient (Wildman–Crippen LogP) is 2.63. The second kappa shape index (κ2) is 7.05. The van der Waals surface area contributed by atoms with E-state index in [0.29, 0.717) is 35.1 Å². The summed E-state index contributed by atoms with van der Waals surface area (Å²) in [6.45, 7) is 0.330. The average Bonchev–Trinajstić information content (AvgIpc) is 2.35. The van der Waals surface area contributed by atoms with Crippen LogP contribution < -0.4 is 9.47 Å². The van der Waals surface area contributed by atoms with Gasteiger partial charge in [-0.2, -0.15) is 0 Å². The zero-order valence-corrected chi connectivity index (χ0v) is 10.5. The Morgan fingerprint density at radius 3 is 2.82 bits per heavy atom. The highest BCUT2D eigenvalue weighted by molar-refractivity contribution is 6.30. The Bertz CT molecular complexity index is 385. The largest absolute Gasteiger partial charge is 0.493 e. The molecular formula is C13H15ClO3. The Hall–Kier alpha value is -1.37. The second-order valence-corrected chi connectivity index (χ2v) is 3.85. The van der Waals surface area contributed by atoms with Crippen molar-refractivity contribution in [3.8, 4) is 23.8 Å². The van der Waals surface area contributed by atoms with E-state index in [1.165, 1.54) is 7.11 Å². The summed E-state index contributed by atoms with van der Waals surface area (Å²) in [7, 11) is 1.53. The highest BCUT2D eigenvalue weighted by Crippen LogP contribution is 2.34. The van der Waals surface area contributed by atoms with Gasteiger partial charge in [0, 0.05) is 23.1 Å². The minimum absolute atomic E-state index is 0.151. The molecule has 0 heterocycles. The molecule has 0 spiro atoms. The third-order valence-corrected chi connectivity index (χ3v) is 2.42. The molecule has 0 aliphatic heterocycles. The number of hydrogen-bond acceptors (Lipinski definition) is 3. The van der Waals surface area contributed by atoms with Crippen LogP contribution in [-0.2, 0) is 6.61 Å². The summed E-state index contributed by atoms with van der Waals surface area (Å²) in [5, 5.41) is 9.74. The lowest BCUT2D eigenvalue weighted by Gasteiger charge is -2.14. The smallest absolute Gasteiger partial charge is 0.166 e. The lowest BCUT2D eigenvalue weighted by atomic mass is 10.2. The summed E-state index contributed by atoms with van der Waals surface area (Å²) in [6, 6.07) is 3.30. The number of rotatable bonds is 6. The molecule has 0 aliphatic carbocycles. The van der Waals surface area contributed by atoms with Crippen LogP contribution in [-0.4, -0.2) is 18.8 Å². The molecule has 4 heteroatoms. The van der Waals surface area contributed by atoms with Crippen molar-refractivity contribution in [1.29, 1.82) is 0 Å². The molecule has 0 fully saturated rings. The standard InChI is InChI=1S/C13H15ClO3/c1-3-4-5-6-17-13-10(9-15)7-11(14)8-12(13)16-2/h1,7-8,15H,4-6,9H2,2H3. The maximum Gasteiger partial charge on any atom is 0.166 e. The molecule has 1 aromatic carbocycles. The third-order valence-electron chi connectivity index (χ3n) is 2.20. The number of unbranched alkanes of at least 4 members (excludes halogenated alkanes) is 1. The molecule has 0 saturated carbocycles. The maximum atomic E-state index is 9.24. The van der Waals surface area contributed by atoms with E-state index in [1.54, 1.807) is 12.1 Å². The number of ether oxygens (including phenoxy) is 2. The predicted molar refractivity (Wildman–Crippen MR) is 67.5 cm³/mol. The van der Waals surface area contributed by atoms with Gasteiger partial charge in [-0.3, -0.25) is 0 Å². The molecule has 3 nitrogen and oxygen atoms in total. The summed E-state index contributed by atoms with van der Waals surface area (Å²) in [4.78, 5) is 0. The first-order valence-corrected chi connectivity index (χ1v) is 5.64. The molecule has 0 aromatic heterocycles. The molecule has 0 aliphatic rings. The van der Waals surface area contributed by atoms with Gasteiger partial charge < -0.3 is 14.6 Å². The van der Waals surface area contributed by atoms with Crippen molar-refractivity contribution in [3.05, 3.63) is 22.7 Å². The van der Waals surface area contributed by atoms with Crippen LogP contribution in [0.4, 0.5) is 0 Å². The van der Waals surface area contributed by atoms with Crippen LogP contribution in [0.5, 0.6) is 11.5 Å². The molecule has 1 aromatic rings. The second-order valence-electron chi connectivity index (χ2n) is 3.41. The number of aliphatic hydroxyl groups excluding tert-OH is 1. The first-order valence-electron chi connectivity index (χ1n) is 5.26. The van der Waals surface area contributed by atoms with Crippen molar-refractivity contribution in [1.82, 2.24) is 0 Å². The number of hydrogen-bond donors (Lipinski definition) is 1.